The van der Waals surface area contributed by atoms with Gasteiger partial charge in [0.15, 0.2) is 5.82 Å². The van der Waals surface area contributed by atoms with Crippen LogP contribution in [0.3, 0.4) is 0 Å². The largest absolute Gasteiger partial charge is 0.351 e. The highest BCUT2D eigenvalue weighted by molar-refractivity contribution is 5.40. The van der Waals surface area contributed by atoms with E-state index >= 15 is 0 Å². The van der Waals surface area contributed by atoms with E-state index in [1.54, 1.807) is 0 Å². The summed E-state index contributed by atoms with van der Waals surface area (Å²) in [5.74, 6) is 0.964. The molecule has 2 heterocycles. The van der Waals surface area contributed by atoms with Crippen LogP contribution >= 0.6 is 0 Å². The molecule has 0 bridgehead atoms. The molecule has 4 nitrogen and oxygen atoms in total. The molecule has 0 saturated carbocycles. The molecule has 1 atom stereocenters. The first-order valence-electron chi connectivity index (χ1n) is 6.33. The molecule has 4 heteroatoms. The van der Waals surface area contributed by atoms with Crippen LogP contribution in [0.2, 0.25) is 0 Å². The van der Waals surface area contributed by atoms with Crippen LogP contribution in [0.15, 0.2) is 12.1 Å². The number of aromatic nitrogens is 2. The van der Waals surface area contributed by atoms with Gasteiger partial charge in [0.1, 0.15) is 0 Å². The Hall–Kier alpha value is -1.16. The highest BCUT2D eigenvalue weighted by Gasteiger charge is 2.25. The van der Waals surface area contributed by atoms with E-state index < -0.39 is 0 Å². The molecule has 94 valence electrons. The van der Waals surface area contributed by atoms with Gasteiger partial charge in [0.25, 0.3) is 0 Å². The van der Waals surface area contributed by atoms with Crippen molar-refractivity contribution in [2.75, 3.05) is 18.0 Å². The van der Waals surface area contributed by atoms with Crippen molar-refractivity contribution in [2.45, 2.75) is 45.1 Å². The topological polar surface area (TPSA) is 55.0 Å². The molecule has 0 spiro atoms. The zero-order chi connectivity index (χ0) is 12.5. The van der Waals surface area contributed by atoms with Crippen LogP contribution in [-0.4, -0.2) is 29.3 Å². The summed E-state index contributed by atoms with van der Waals surface area (Å²) in [4.78, 5) is 2.28. The Bertz CT molecular complexity index is 366. The molecule has 0 aromatic carbocycles. The summed E-state index contributed by atoms with van der Waals surface area (Å²) >= 11 is 0. The van der Waals surface area contributed by atoms with Crippen molar-refractivity contribution >= 4 is 5.82 Å². The Labute approximate surface area is 103 Å². The standard InChI is InChI=1S/C13H22N4/c1-13(2,3)11-6-7-12(16-15-11)17-8-4-5-10(17)9-14/h6-7,10H,4-5,8-9,14H2,1-3H3. The van der Waals surface area contributed by atoms with Crippen molar-refractivity contribution in [3.63, 3.8) is 0 Å². The number of rotatable bonds is 2. The first kappa shape index (κ1) is 12.3. The maximum Gasteiger partial charge on any atom is 0.151 e. The van der Waals surface area contributed by atoms with E-state index in [1.165, 1.54) is 12.8 Å². The highest BCUT2D eigenvalue weighted by Crippen LogP contribution is 2.25. The fraction of sp³-hybridized carbons (Fsp3) is 0.692. The predicted molar refractivity (Wildman–Crippen MR) is 70.2 cm³/mol. The van der Waals surface area contributed by atoms with Gasteiger partial charge < -0.3 is 10.6 Å². The third kappa shape index (κ3) is 2.57. The molecule has 0 radical (unpaired) electrons. The Kier molecular flexibility index (Phi) is 3.33. The molecule has 17 heavy (non-hydrogen) atoms. The molecule has 1 aromatic rings. The molecule has 0 amide bonds. The molecule has 1 aromatic heterocycles. The van der Waals surface area contributed by atoms with Crippen LogP contribution < -0.4 is 10.6 Å². The van der Waals surface area contributed by atoms with Crippen LogP contribution in [0.4, 0.5) is 5.82 Å². The van der Waals surface area contributed by atoms with Gasteiger partial charge in [-0.2, -0.15) is 5.10 Å². The van der Waals surface area contributed by atoms with Gasteiger partial charge in [-0.3, -0.25) is 0 Å². The van der Waals surface area contributed by atoms with Gasteiger partial charge in [-0.05, 0) is 25.0 Å². The lowest BCUT2D eigenvalue weighted by Crippen LogP contribution is -2.36. The summed E-state index contributed by atoms with van der Waals surface area (Å²) in [5, 5.41) is 8.68. The van der Waals surface area contributed by atoms with Gasteiger partial charge in [0.05, 0.1) is 5.69 Å². The van der Waals surface area contributed by atoms with Gasteiger partial charge in [-0.25, -0.2) is 0 Å². The number of nitrogens with two attached hydrogens (primary N) is 1. The van der Waals surface area contributed by atoms with Crippen LogP contribution in [0.5, 0.6) is 0 Å². The Balaban J connectivity index is 2.18. The second kappa shape index (κ2) is 4.61. The lowest BCUT2D eigenvalue weighted by atomic mass is 9.92. The summed E-state index contributed by atoms with van der Waals surface area (Å²) in [6.45, 7) is 8.19. The van der Waals surface area contributed by atoms with Crippen LogP contribution in [0.1, 0.15) is 39.3 Å². The smallest absolute Gasteiger partial charge is 0.151 e. The molecule has 1 fully saturated rings. The zero-order valence-electron chi connectivity index (χ0n) is 11.0. The van der Waals surface area contributed by atoms with Gasteiger partial charge in [-0.1, -0.05) is 20.8 Å². The third-order valence-corrected chi connectivity index (χ3v) is 3.36. The van der Waals surface area contributed by atoms with Crippen LogP contribution in [0.25, 0.3) is 0 Å². The Morgan fingerprint density at radius 1 is 1.35 bits per heavy atom. The maximum atomic E-state index is 5.77. The summed E-state index contributed by atoms with van der Waals surface area (Å²) in [7, 11) is 0. The van der Waals surface area contributed by atoms with Crippen molar-refractivity contribution in [1.29, 1.82) is 0 Å². The molecule has 1 aliphatic rings. The first-order chi connectivity index (χ1) is 8.02. The second-order valence-corrected chi connectivity index (χ2v) is 5.75. The molecule has 2 rings (SSSR count). The summed E-state index contributed by atoms with van der Waals surface area (Å²) < 4.78 is 0. The van der Waals surface area contributed by atoms with E-state index in [9.17, 15) is 0 Å². The van der Waals surface area contributed by atoms with Gasteiger partial charge in [-0.15, -0.1) is 5.10 Å². The summed E-state index contributed by atoms with van der Waals surface area (Å²) in [6.07, 6.45) is 2.36. The molecule has 0 aliphatic carbocycles. The third-order valence-electron chi connectivity index (χ3n) is 3.36. The second-order valence-electron chi connectivity index (χ2n) is 5.75. The summed E-state index contributed by atoms with van der Waals surface area (Å²) in [6, 6.07) is 4.58. The fourth-order valence-corrected chi connectivity index (χ4v) is 2.26. The molecule has 1 aliphatic heterocycles. The minimum atomic E-state index is 0.0593. The average molecular weight is 234 g/mol. The lowest BCUT2D eigenvalue weighted by molar-refractivity contribution is 0.556. The van der Waals surface area contributed by atoms with E-state index in [4.69, 9.17) is 5.73 Å². The minimum Gasteiger partial charge on any atom is -0.351 e. The van der Waals surface area contributed by atoms with Crippen molar-refractivity contribution in [1.82, 2.24) is 10.2 Å². The molecular weight excluding hydrogens is 212 g/mol. The van der Waals surface area contributed by atoms with Crippen molar-refractivity contribution in [3.05, 3.63) is 17.8 Å². The number of anilines is 1. The van der Waals surface area contributed by atoms with Gasteiger partial charge in [0, 0.05) is 24.5 Å². The van der Waals surface area contributed by atoms with Crippen LogP contribution in [-0.2, 0) is 5.41 Å². The zero-order valence-corrected chi connectivity index (χ0v) is 11.0. The van der Waals surface area contributed by atoms with Crippen molar-refractivity contribution in [2.24, 2.45) is 5.73 Å². The first-order valence-corrected chi connectivity index (χ1v) is 6.33. The average Bonchev–Trinajstić information content (AvgIpc) is 2.76. The van der Waals surface area contributed by atoms with E-state index in [0.29, 0.717) is 12.6 Å². The molecule has 1 saturated heterocycles. The summed E-state index contributed by atoms with van der Waals surface area (Å²) in [5.41, 5.74) is 6.86. The number of nitrogens with zero attached hydrogens (tertiary/aromatic N) is 3. The van der Waals surface area contributed by atoms with Crippen LogP contribution in [0, 0.1) is 0 Å². The minimum absolute atomic E-state index is 0.0593. The fourth-order valence-electron chi connectivity index (χ4n) is 2.26. The number of hydrogen-bond donors (Lipinski definition) is 1. The van der Waals surface area contributed by atoms with E-state index in [2.05, 4.69) is 48.0 Å². The van der Waals surface area contributed by atoms with Crippen molar-refractivity contribution < 1.29 is 0 Å². The quantitative estimate of drug-likeness (QED) is 0.846. The van der Waals surface area contributed by atoms with Gasteiger partial charge >= 0.3 is 0 Å². The SMILES string of the molecule is CC(C)(C)c1ccc(N2CCCC2CN)nn1. The Morgan fingerprint density at radius 2 is 2.12 bits per heavy atom. The van der Waals surface area contributed by atoms with E-state index in [0.717, 1.165) is 18.1 Å². The monoisotopic (exact) mass is 234 g/mol. The molecule has 2 N–H and O–H groups in total. The highest BCUT2D eigenvalue weighted by atomic mass is 15.3. The number of hydrogen-bond acceptors (Lipinski definition) is 4. The molecule has 1 unspecified atom stereocenters. The van der Waals surface area contributed by atoms with E-state index in [-0.39, 0.29) is 5.41 Å². The lowest BCUT2D eigenvalue weighted by Gasteiger charge is -2.25. The maximum absolute atomic E-state index is 5.77. The van der Waals surface area contributed by atoms with E-state index in [1.807, 2.05) is 0 Å². The predicted octanol–water partition coefficient (Wildman–Crippen LogP) is 1.70. The molecular formula is C13H22N4. The normalized spacial score (nSPS) is 20.9. The van der Waals surface area contributed by atoms with Gasteiger partial charge in [0.2, 0.25) is 0 Å². The van der Waals surface area contributed by atoms with Crippen molar-refractivity contribution in [3.8, 4) is 0 Å². The Morgan fingerprint density at radius 3 is 2.65 bits per heavy atom.